The predicted octanol–water partition coefficient (Wildman–Crippen LogP) is 5.51. The van der Waals surface area contributed by atoms with Gasteiger partial charge in [0.25, 0.3) is 20.2 Å². The first kappa shape index (κ1) is 26.0. The Morgan fingerprint density at radius 3 is 2.14 bits per heavy atom. The highest BCUT2D eigenvalue weighted by atomic mass is 32.2. The van der Waals surface area contributed by atoms with Crippen LogP contribution in [0.3, 0.4) is 0 Å². The summed E-state index contributed by atoms with van der Waals surface area (Å²) in [6.07, 6.45) is 0. The third-order valence-electron chi connectivity index (χ3n) is 5.23. The molecule has 4 rings (SSSR count). The van der Waals surface area contributed by atoms with Gasteiger partial charge in [0, 0.05) is 22.1 Å². The molecular weight excluding hydrogens is 520 g/mol. The molecule has 0 spiro atoms. The van der Waals surface area contributed by atoms with Crippen molar-refractivity contribution in [3.8, 4) is 5.75 Å². The molecule has 0 aliphatic heterocycles. The molecular formula is C24H22N4O7S2. The van der Waals surface area contributed by atoms with Crippen LogP contribution in [0.4, 0.5) is 28.4 Å². The topological polar surface area (TPSA) is 167 Å². The molecule has 0 radical (unpaired) electrons. The highest BCUT2D eigenvalue weighted by molar-refractivity contribution is 7.86. The van der Waals surface area contributed by atoms with Crippen molar-refractivity contribution in [3.05, 3.63) is 78.9 Å². The Morgan fingerprint density at radius 1 is 0.811 bits per heavy atom. The molecule has 37 heavy (non-hydrogen) atoms. The summed E-state index contributed by atoms with van der Waals surface area (Å²) in [5.74, 6) is -0.0289. The molecule has 0 unspecified atom stereocenters. The van der Waals surface area contributed by atoms with Crippen molar-refractivity contribution in [2.24, 2.45) is 10.2 Å². The van der Waals surface area contributed by atoms with Crippen LogP contribution >= 0.6 is 0 Å². The van der Waals surface area contributed by atoms with Gasteiger partial charge in [-0.1, -0.05) is 24.3 Å². The smallest absolute Gasteiger partial charge is 0.296 e. The average molecular weight is 543 g/mol. The summed E-state index contributed by atoms with van der Waals surface area (Å²) in [6, 6.07) is 21.2. The number of fused-ring (bicyclic) bond motifs is 1. The largest absolute Gasteiger partial charge is 0.497 e. The van der Waals surface area contributed by atoms with Gasteiger partial charge in [-0.05, 0) is 54.6 Å². The Bertz CT molecular complexity index is 1690. The predicted molar refractivity (Wildman–Crippen MR) is 141 cm³/mol. The molecule has 0 saturated carbocycles. The van der Waals surface area contributed by atoms with Crippen LogP contribution < -0.4 is 15.4 Å². The Morgan fingerprint density at radius 2 is 1.49 bits per heavy atom. The van der Waals surface area contributed by atoms with E-state index in [-0.39, 0.29) is 16.3 Å². The van der Waals surface area contributed by atoms with Gasteiger partial charge in [0.05, 0.1) is 24.2 Å². The molecule has 0 aliphatic rings. The van der Waals surface area contributed by atoms with Crippen LogP contribution in [-0.2, 0) is 20.2 Å². The lowest BCUT2D eigenvalue weighted by molar-refractivity contribution is 0.415. The van der Waals surface area contributed by atoms with Crippen LogP contribution in [0.5, 0.6) is 5.75 Å². The van der Waals surface area contributed by atoms with Gasteiger partial charge >= 0.3 is 0 Å². The van der Waals surface area contributed by atoms with Gasteiger partial charge in [0.2, 0.25) is 0 Å². The molecule has 0 atom stereocenters. The van der Waals surface area contributed by atoms with E-state index < -0.39 is 26.1 Å². The highest BCUT2D eigenvalue weighted by Crippen LogP contribution is 2.34. The van der Waals surface area contributed by atoms with Gasteiger partial charge in [-0.2, -0.15) is 21.9 Å². The third-order valence-corrected chi connectivity index (χ3v) is 6.63. The van der Waals surface area contributed by atoms with Gasteiger partial charge in [-0.3, -0.25) is 9.11 Å². The van der Waals surface area contributed by atoms with Crippen LogP contribution in [0, 0.1) is 0 Å². The van der Waals surface area contributed by atoms with E-state index in [0.29, 0.717) is 33.6 Å². The van der Waals surface area contributed by atoms with Crippen LogP contribution in [0.2, 0.25) is 0 Å². The summed E-state index contributed by atoms with van der Waals surface area (Å²) in [5.41, 5.74) is 1.79. The van der Waals surface area contributed by atoms with Crippen LogP contribution in [0.1, 0.15) is 0 Å². The first-order valence-corrected chi connectivity index (χ1v) is 13.7. The maximum atomic E-state index is 12.1. The minimum atomic E-state index is -4.60. The molecule has 0 heterocycles. The summed E-state index contributed by atoms with van der Waals surface area (Å²) in [6.45, 7) is 0. The van der Waals surface area contributed by atoms with E-state index in [0.717, 1.165) is 0 Å². The molecule has 0 amide bonds. The molecule has 0 aromatic heterocycles. The van der Waals surface area contributed by atoms with Crippen molar-refractivity contribution in [2.75, 3.05) is 23.6 Å². The normalized spacial score (nSPS) is 12.1. The Hall–Kier alpha value is -4.04. The number of rotatable bonds is 9. The second-order valence-electron chi connectivity index (χ2n) is 7.79. The Kier molecular flexibility index (Phi) is 7.40. The molecule has 0 fully saturated rings. The number of benzene rings is 4. The summed E-state index contributed by atoms with van der Waals surface area (Å²) in [7, 11) is -7.29. The number of methoxy groups -OCH3 is 1. The van der Waals surface area contributed by atoms with E-state index in [2.05, 4.69) is 20.9 Å². The highest BCUT2D eigenvalue weighted by Gasteiger charge is 2.17. The van der Waals surface area contributed by atoms with E-state index >= 15 is 0 Å². The van der Waals surface area contributed by atoms with Crippen molar-refractivity contribution in [1.29, 1.82) is 0 Å². The van der Waals surface area contributed by atoms with Crippen molar-refractivity contribution < 1.29 is 30.7 Å². The maximum absolute atomic E-state index is 12.1. The number of anilines is 3. The minimum absolute atomic E-state index is 0.145. The van der Waals surface area contributed by atoms with Crippen LogP contribution in [0.25, 0.3) is 10.8 Å². The van der Waals surface area contributed by atoms with E-state index in [1.54, 1.807) is 60.7 Å². The number of ether oxygens (including phenoxy) is 1. The van der Waals surface area contributed by atoms with E-state index in [4.69, 9.17) is 9.29 Å². The van der Waals surface area contributed by atoms with Gasteiger partial charge in [0.1, 0.15) is 16.5 Å². The summed E-state index contributed by atoms with van der Waals surface area (Å²) >= 11 is 0. The molecule has 4 N–H and O–H groups in total. The van der Waals surface area contributed by atoms with Crippen molar-refractivity contribution in [3.63, 3.8) is 0 Å². The number of nitrogens with zero attached hydrogens (tertiary/aromatic N) is 2. The van der Waals surface area contributed by atoms with Gasteiger partial charge < -0.3 is 15.4 Å². The van der Waals surface area contributed by atoms with Crippen molar-refractivity contribution in [2.45, 2.75) is 4.90 Å². The fraction of sp³-hybridized carbons (Fsp3) is 0.0833. The molecule has 11 nitrogen and oxygen atoms in total. The van der Waals surface area contributed by atoms with E-state index in [1.807, 2.05) is 0 Å². The maximum Gasteiger partial charge on any atom is 0.296 e. The van der Waals surface area contributed by atoms with Gasteiger partial charge in [0.15, 0.2) is 0 Å². The minimum Gasteiger partial charge on any atom is -0.497 e. The Balaban J connectivity index is 1.65. The summed E-state index contributed by atoms with van der Waals surface area (Å²) < 4.78 is 70.3. The van der Waals surface area contributed by atoms with Gasteiger partial charge in [-0.25, -0.2) is 0 Å². The lowest BCUT2D eigenvalue weighted by Crippen LogP contribution is -2.13. The number of azo groups is 1. The number of hydrogen-bond acceptors (Lipinski definition) is 9. The van der Waals surface area contributed by atoms with E-state index in [1.165, 1.54) is 25.3 Å². The quantitative estimate of drug-likeness (QED) is 0.157. The lowest BCUT2D eigenvalue weighted by Gasteiger charge is -2.12. The number of hydrogen-bond donors (Lipinski definition) is 4. The first-order valence-electron chi connectivity index (χ1n) is 10.7. The lowest BCUT2D eigenvalue weighted by atomic mass is 10.1. The fourth-order valence-electron chi connectivity index (χ4n) is 3.52. The van der Waals surface area contributed by atoms with Gasteiger partial charge in [-0.15, -0.1) is 5.11 Å². The fourth-order valence-corrected chi connectivity index (χ4v) is 4.53. The van der Waals surface area contributed by atoms with Crippen LogP contribution in [-0.4, -0.2) is 38.9 Å². The monoisotopic (exact) mass is 542 g/mol. The SMILES string of the molecule is COc1ccc(Nc2ccc(N=Nc3ccc(NCS(=O)(=O)O)c4ccccc34)cc2S(=O)(=O)O)cc1. The average Bonchev–Trinajstić information content (AvgIpc) is 2.86. The first-order chi connectivity index (χ1) is 17.5. The molecule has 0 saturated heterocycles. The molecule has 4 aromatic rings. The molecule has 192 valence electrons. The van der Waals surface area contributed by atoms with Crippen molar-refractivity contribution in [1.82, 2.24) is 0 Å². The summed E-state index contributed by atoms with van der Waals surface area (Å²) in [4.78, 5) is -0.380. The zero-order chi connectivity index (χ0) is 26.6. The third kappa shape index (κ3) is 6.59. The molecule has 0 bridgehead atoms. The molecule has 4 aromatic carbocycles. The standard InChI is InChI=1S/C24H22N4O7S2/c1-35-18-9-6-16(7-10-18)26-23-11-8-17(14-24(23)37(32,33)34)27-28-22-13-12-21(25-15-36(29,30)31)19-4-2-3-5-20(19)22/h2-14,25-26H,15H2,1H3,(H,29,30,31)(H,32,33,34). The zero-order valence-electron chi connectivity index (χ0n) is 19.4. The van der Waals surface area contributed by atoms with Crippen molar-refractivity contribution >= 4 is 59.4 Å². The second kappa shape index (κ2) is 10.5. The zero-order valence-corrected chi connectivity index (χ0v) is 21.0. The second-order valence-corrected chi connectivity index (χ2v) is 10.6. The molecule has 0 aliphatic carbocycles. The molecule has 13 heteroatoms. The number of nitrogens with one attached hydrogen (secondary N) is 2. The van der Waals surface area contributed by atoms with Crippen LogP contribution in [0.15, 0.2) is 94.0 Å². The Labute approximate surface area is 213 Å². The van der Waals surface area contributed by atoms with E-state index in [9.17, 15) is 21.4 Å². The summed E-state index contributed by atoms with van der Waals surface area (Å²) in [5, 5.41) is 15.3.